The summed E-state index contributed by atoms with van der Waals surface area (Å²) in [5.41, 5.74) is 1.32. The van der Waals surface area contributed by atoms with Gasteiger partial charge in [-0.05, 0) is 43.0 Å². The van der Waals surface area contributed by atoms with E-state index in [4.69, 9.17) is 0 Å². The lowest BCUT2D eigenvalue weighted by molar-refractivity contribution is -0.122. The number of likely N-dealkylation sites (tertiary alicyclic amines) is 1. The highest BCUT2D eigenvalue weighted by Crippen LogP contribution is 2.28. The van der Waals surface area contributed by atoms with Crippen LogP contribution in [-0.2, 0) is 4.79 Å². The number of rotatable bonds is 4. The topological polar surface area (TPSA) is 48.5 Å². The van der Waals surface area contributed by atoms with E-state index in [0.717, 1.165) is 25.3 Å². The molecule has 5 heteroatoms. The van der Waals surface area contributed by atoms with Crippen LogP contribution in [0.25, 0.3) is 0 Å². The van der Waals surface area contributed by atoms with Crippen molar-refractivity contribution in [1.29, 1.82) is 0 Å². The Morgan fingerprint density at radius 2 is 2.35 bits per heavy atom. The molecule has 110 valence electrons. The number of likely N-dealkylation sites (N-methyl/N-ethyl adjacent to an activating group) is 1. The Balaban J connectivity index is 2.05. The number of amides is 1. The van der Waals surface area contributed by atoms with E-state index in [1.165, 1.54) is 12.0 Å². The molecule has 0 saturated carbocycles. The van der Waals surface area contributed by atoms with Crippen molar-refractivity contribution in [2.24, 2.45) is 0 Å². The van der Waals surface area contributed by atoms with Gasteiger partial charge in [0.2, 0.25) is 5.91 Å². The van der Waals surface area contributed by atoms with Gasteiger partial charge in [-0.2, -0.15) is 0 Å². The molecule has 1 aliphatic rings. The van der Waals surface area contributed by atoms with Crippen LogP contribution in [0.2, 0.25) is 0 Å². The van der Waals surface area contributed by atoms with Gasteiger partial charge in [0.1, 0.15) is 5.82 Å². The monoisotopic (exact) mass is 276 g/mol. The number of pyridine rings is 1. The van der Waals surface area contributed by atoms with Gasteiger partial charge in [-0.25, -0.2) is 4.98 Å². The minimum atomic E-state index is 0.0920. The van der Waals surface area contributed by atoms with Crippen LogP contribution in [0.4, 0.5) is 5.82 Å². The van der Waals surface area contributed by atoms with Crippen LogP contribution in [0.3, 0.4) is 0 Å². The summed E-state index contributed by atoms with van der Waals surface area (Å²) in [6, 6.07) is 4.26. The molecule has 0 aromatic carbocycles. The van der Waals surface area contributed by atoms with E-state index in [1.54, 1.807) is 7.05 Å². The molecule has 2 heterocycles. The summed E-state index contributed by atoms with van der Waals surface area (Å²) in [7, 11) is 5.70. The lowest BCUT2D eigenvalue weighted by atomic mass is 9.91. The molecule has 1 fully saturated rings. The van der Waals surface area contributed by atoms with Crippen LogP contribution in [0, 0.1) is 0 Å². The van der Waals surface area contributed by atoms with Gasteiger partial charge >= 0.3 is 0 Å². The van der Waals surface area contributed by atoms with E-state index < -0.39 is 0 Å². The average Bonchev–Trinajstić information content (AvgIpc) is 2.47. The molecule has 1 saturated heterocycles. The molecule has 5 nitrogen and oxygen atoms in total. The minimum Gasteiger partial charge on any atom is -0.363 e. The van der Waals surface area contributed by atoms with E-state index in [-0.39, 0.29) is 5.91 Å². The van der Waals surface area contributed by atoms with Gasteiger partial charge in [-0.1, -0.05) is 0 Å². The Labute approximate surface area is 121 Å². The first-order chi connectivity index (χ1) is 9.60. The first kappa shape index (κ1) is 14.8. The SMILES string of the molecule is CNC(=O)CN1CCCC(c2ccnc(N(C)C)c2)C1. The van der Waals surface area contributed by atoms with Crippen molar-refractivity contribution in [2.75, 3.05) is 45.7 Å². The second-order valence-corrected chi connectivity index (χ2v) is 5.59. The Morgan fingerprint density at radius 3 is 3.05 bits per heavy atom. The van der Waals surface area contributed by atoms with E-state index in [0.29, 0.717) is 12.5 Å². The van der Waals surface area contributed by atoms with Crippen LogP contribution < -0.4 is 10.2 Å². The van der Waals surface area contributed by atoms with E-state index in [2.05, 4.69) is 27.3 Å². The second kappa shape index (κ2) is 6.70. The van der Waals surface area contributed by atoms with Crippen LogP contribution in [0.5, 0.6) is 0 Å². The van der Waals surface area contributed by atoms with Crippen molar-refractivity contribution < 1.29 is 4.79 Å². The number of carbonyl (C=O) groups excluding carboxylic acids is 1. The number of nitrogens with one attached hydrogen (secondary N) is 1. The van der Waals surface area contributed by atoms with Crippen molar-refractivity contribution in [3.63, 3.8) is 0 Å². The van der Waals surface area contributed by atoms with Gasteiger partial charge in [-0.3, -0.25) is 9.69 Å². The van der Waals surface area contributed by atoms with Crippen LogP contribution in [0.15, 0.2) is 18.3 Å². The molecule has 0 spiro atoms. The number of hydrogen-bond donors (Lipinski definition) is 1. The van der Waals surface area contributed by atoms with Gasteiger partial charge in [0, 0.05) is 33.9 Å². The zero-order valence-electron chi connectivity index (χ0n) is 12.6. The predicted octanol–water partition coefficient (Wildman–Crippen LogP) is 1.07. The second-order valence-electron chi connectivity index (χ2n) is 5.59. The lowest BCUT2D eigenvalue weighted by Crippen LogP contribution is -2.41. The van der Waals surface area contributed by atoms with Gasteiger partial charge in [0.25, 0.3) is 0 Å². The van der Waals surface area contributed by atoms with Crippen molar-refractivity contribution in [1.82, 2.24) is 15.2 Å². The molecule has 1 aliphatic heterocycles. The number of aromatic nitrogens is 1. The molecule has 0 bridgehead atoms. The quantitative estimate of drug-likeness (QED) is 0.894. The first-order valence-corrected chi connectivity index (χ1v) is 7.16. The molecule has 1 unspecified atom stereocenters. The third-order valence-corrected chi connectivity index (χ3v) is 3.85. The molecule has 20 heavy (non-hydrogen) atoms. The molecule has 1 aromatic rings. The molecule has 0 radical (unpaired) electrons. The summed E-state index contributed by atoms with van der Waals surface area (Å²) in [5.74, 6) is 1.58. The minimum absolute atomic E-state index is 0.0920. The van der Waals surface area contributed by atoms with Gasteiger partial charge < -0.3 is 10.2 Å². The smallest absolute Gasteiger partial charge is 0.233 e. The molecule has 1 N–H and O–H groups in total. The largest absolute Gasteiger partial charge is 0.363 e. The maximum atomic E-state index is 11.5. The van der Waals surface area contributed by atoms with Crippen LogP contribution >= 0.6 is 0 Å². The maximum Gasteiger partial charge on any atom is 0.233 e. The summed E-state index contributed by atoms with van der Waals surface area (Å²) in [5, 5.41) is 2.69. The molecular weight excluding hydrogens is 252 g/mol. The Kier molecular flexibility index (Phi) is 4.95. The summed E-state index contributed by atoms with van der Waals surface area (Å²) < 4.78 is 0. The fourth-order valence-electron chi connectivity index (χ4n) is 2.69. The molecule has 1 amide bonds. The number of carbonyl (C=O) groups is 1. The van der Waals surface area contributed by atoms with Crippen LogP contribution in [0.1, 0.15) is 24.3 Å². The number of nitrogens with zero attached hydrogens (tertiary/aromatic N) is 3. The fraction of sp³-hybridized carbons (Fsp3) is 0.600. The number of piperidine rings is 1. The zero-order valence-corrected chi connectivity index (χ0v) is 12.6. The molecule has 0 aliphatic carbocycles. The molecule has 2 rings (SSSR count). The van der Waals surface area contributed by atoms with Crippen molar-refractivity contribution in [3.05, 3.63) is 23.9 Å². The molecule has 1 atom stereocenters. The maximum absolute atomic E-state index is 11.5. The van der Waals surface area contributed by atoms with E-state index >= 15 is 0 Å². The highest BCUT2D eigenvalue weighted by Gasteiger charge is 2.22. The normalized spacial score (nSPS) is 19.6. The van der Waals surface area contributed by atoms with E-state index in [1.807, 2.05) is 25.2 Å². The summed E-state index contributed by atoms with van der Waals surface area (Å²) in [6.07, 6.45) is 4.20. The average molecular weight is 276 g/mol. The third-order valence-electron chi connectivity index (χ3n) is 3.85. The summed E-state index contributed by atoms with van der Waals surface area (Å²) in [6.45, 7) is 2.46. The number of hydrogen-bond acceptors (Lipinski definition) is 4. The zero-order chi connectivity index (χ0) is 14.5. The van der Waals surface area contributed by atoms with Gasteiger partial charge in [-0.15, -0.1) is 0 Å². The predicted molar refractivity (Wildman–Crippen MR) is 81.0 cm³/mol. The highest BCUT2D eigenvalue weighted by molar-refractivity contribution is 5.77. The third kappa shape index (κ3) is 3.70. The highest BCUT2D eigenvalue weighted by atomic mass is 16.1. The summed E-state index contributed by atoms with van der Waals surface area (Å²) in [4.78, 5) is 20.1. The first-order valence-electron chi connectivity index (χ1n) is 7.16. The Morgan fingerprint density at radius 1 is 1.55 bits per heavy atom. The van der Waals surface area contributed by atoms with Crippen molar-refractivity contribution in [2.45, 2.75) is 18.8 Å². The standard InChI is InChI=1S/C15H24N4O/c1-16-15(20)11-19-8-4-5-13(10-19)12-6-7-17-14(9-12)18(2)3/h6-7,9,13H,4-5,8,10-11H2,1-3H3,(H,16,20). The van der Waals surface area contributed by atoms with Gasteiger partial charge in [0.05, 0.1) is 6.54 Å². The van der Waals surface area contributed by atoms with Gasteiger partial charge in [0.15, 0.2) is 0 Å². The fourth-order valence-corrected chi connectivity index (χ4v) is 2.69. The van der Waals surface area contributed by atoms with Crippen molar-refractivity contribution in [3.8, 4) is 0 Å². The lowest BCUT2D eigenvalue weighted by Gasteiger charge is -2.32. The Hall–Kier alpha value is -1.62. The Bertz CT molecular complexity index is 461. The van der Waals surface area contributed by atoms with E-state index in [9.17, 15) is 4.79 Å². The van der Waals surface area contributed by atoms with Crippen LogP contribution in [-0.4, -0.2) is 56.6 Å². The summed E-state index contributed by atoms with van der Waals surface area (Å²) >= 11 is 0. The molecule has 1 aromatic heterocycles. The molecular formula is C15H24N4O. The number of anilines is 1. The van der Waals surface area contributed by atoms with Crippen molar-refractivity contribution >= 4 is 11.7 Å².